The van der Waals surface area contributed by atoms with Crippen LogP contribution in [0.3, 0.4) is 0 Å². The van der Waals surface area contributed by atoms with Crippen LogP contribution in [-0.4, -0.2) is 35.5 Å². The molecule has 2 aromatic rings. The van der Waals surface area contributed by atoms with Crippen molar-refractivity contribution in [3.63, 3.8) is 0 Å². The first-order valence-corrected chi connectivity index (χ1v) is 10.3. The zero-order chi connectivity index (χ0) is 14.8. The van der Waals surface area contributed by atoms with E-state index in [1.165, 1.54) is 0 Å². The van der Waals surface area contributed by atoms with Gasteiger partial charge in [-0.2, -0.15) is 0 Å². The summed E-state index contributed by atoms with van der Waals surface area (Å²) in [5.74, 6) is 0.116. The van der Waals surface area contributed by atoms with Gasteiger partial charge in [0.1, 0.15) is 12.3 Å². The van der Waals surface area contributed by atoms with Gasteiger partial charge in [-0.3, -0.25) is 4.79 Å². The van der Waals surface area contributed by atoms with Gasteiger partial charge in [0.05, 0.1) is 5.56 Å². The highest BCUT2D eigenvalue weighted by Gasteiger charge is 2.13. The van der Waals surface area contributed by atoms with E-state index >= 15 is 0 Å². The third kappa shape index (κ3) is 3.64. The maximum Gasteiger partial charge on any atom is 0.250 e. The van der Waals surface area contributed by atoms with E-state index in [4.69, 9.17) is 10.5 Å². The fraction of sp³-hybridized carbons (Fsp3) is 0.462. The summed E-state index contributed by atoms with van der Waals surface area (Å²) in [4.78, 5) is 22.6. The molecule has 2 rings (SSSR count). The lowest BCUT2D eigenvalue weighted by Gasteiger charge is -2.14. The Bertz CT molecular complexity index is 618. The first kappa shape index (κ1) is 14.7. The predicted octanol–water partition coefficient (Wildman–Crippen LogP) is 1.91. The monoisotopic (exact) mass is 292 g/mol. The zero-order valence-corrected chi connectivity index (χ0v) is 13.1. The Morgan fingerprint density at radius 1 is 1.45 bits per heavy atom. The van der Waals surface area contributed by atoms with E-state index in [-0.39, 0.29) is 0 Å². The van der Waals surface area contributed by atoms with E-state index in [0.717, 1.165) is 12.7 Å². The lowest BCUT2D eigenvalue weighted by atomic mass is 10.2. The smallest absolute Gasteiger partial charge is 0.250 e. The van der Waals surface area contributed by atoms with Crippen LogP contribution in [-0.2, 0) is 11.3 Å². The Morgan fingerprint density at radius 3 is 2.85 bits per heavy atom. The van der Waals surface area contributed by atoms with Gasteiger partial charge in [0.15, 0.2) is 5.82 Å². The topological polar surface area (TPSA) is 93.9 Å². The van der Waals surface area contributed by atoms with Crippen molar-refractivity contribution < 1.29 is 9.53 Å². The summed E-state index contributed by atoms with van der Waals surface area (Å²) in [5, 5.41) is 0.642. The molecule has 20 heavy (non-hydrogen) atoms. The number of aromatic nitrogens is 3. The van der Waals surface area contributed by atoms with Gasteiger partial charge in [-0.05, 0) is 6.04 Å². The Balaban J connectivity index is 2.00. The Labute approximate surface area is 118 Å². The van der Waals surface area contributed by atoms with Gasteiger partial charge in [0.2, 0.25) is 0 Å². The SMILES string of the molecule is C[Si](C)(C)CCOCc1ncc2c(C(N)=O)c[nH]c2n1. The van der Waals surface area contributed by atoms with Crippen LogP contribution >= 0.6 is 0 Å². The minimum absolute atomic E-state index is 0.380. The van der Waals surface area contributed by atoms with E-state index in [0.29, 0.717) is 29.0 Å². The minimum atomic E-state index is -1.07. The van der Waals surface area contributed by atoms with Crippen molar-refractivity contribution in [2.75, 3.05) is 6.61 Å². The van der Waals surface area contributed by atoms with Gasteiger partial charge in [0.25, 0.3) is 5.91 Å². The highest BCUT2D eigenvalue weighted by Crippen LogP contribution is 2.15. The van der Waals surface area contributed by atoms with Crippen LogP contribution < -0.4 is 5.73 Å². The molecule has 0 radical (unpaired) electrons. The van der Waals surface area contributed by atoms with Gasteiger partial charge in [-0.1, -0.05) is 19.6 Å². The molecule has 0 fully saturated rings. The van der Waals surface area contributed by atoms with Gasteiger partial charge in [0, 0.05) is 32.5 Å². The number of rotatable bonds is 6. The summed E-state index contributed by atoms with van der Waals surface area (Å²) in [6.07, 6.45) is 3.16. The number of nitrogens with one attached hydrogen (secondary N) is 1. The van der Waals surface area contributed by atoms with Crippen molar-refractivity contribution in [2.24, 2.45) is 5.73 Å². The molecule has 0 aliphatic heterocycles. The highest BCUT2D eigenvalue weighted by atomic mass is 28.3. The molecule has 2 aromatic heterocycles. The number of H-pyrrole nitrogens is 1. The van der Waals surface area contributed by atoms with E-state index in [1.54, 1.807) is 12.4 Å². The summed E-state index contributed by atoms with van der Waals surface area (Å²) in [5.41, 5.74) is 6.28. The second-order valence-electron chi connectivity index (χ2n) is 5.98. The fourth-order valence-electron chi connectivity index (χ4n) is 1.76. The summed E-state index contributed by atoms with van der Waals surface area (Å²) < 4.78 is 5.60. The lowest BCUT2D eigenvalue weighted by molar-refractivity contribution is 0.100. The number of nitrogens with zero attached hydrogens (tertiary/aromatic N) is 2. The van der Waals surface area contributed by atoms with Crippen molar-refractivity contribution in [3.8, 4) is 0 Å². The third-order valence-electron chi connectivity index (χ3n) is 2.98. The third-order valence-corrected chi connectivity index (χ3v) is 4.68. The number of fused-ring (bicyclic) bond motifs is 1. The first-order valence-electron chi connectivity index (χ1n) is 6.57. The molecule has 0 aliphatic rings. The molecule has 0 bridgehead atoms. The number of hydrogen-bond donors (Lipinski definition) is 2. The summed E-state index contributed by atoms with van der Waals surface area (Å²) in [6.45, 7) is 8.04. The molecule has 3 N–H and O–H groups in total. The average molecular weight is 292 g/mol. The Kier molecular flexibility index (Phi) is 4.19. The zero-order valence-electron chi connectivity index (χ0n) is 12.1. The van der Waals surface area contributed by atoms with E-state index in [2.05, 4.69) is 34.6 Å². The molecule has 2 heterocycles. The predicted molar refractivity (Wildman–Crippen MR) is 80.2 cm³/mol. The van der Waals surface area contributed by atoms with Gasteiger partial charge >= 0.3 is 0 Å². The molecule has 0 aromatic carbocycles. The van der Waals surface area contributed by atoms with E-state index in [1.807, 2.05) is 0 Å². The Morgan fingerprint density at radius 2 is 2.20 bits per heavy atom. The van der Waals surface area contributed by atoms with Crippen LogP contribution in [0.15, 0.2) is 12.4 Å². The van der Waals surface area contributed by atoms with Gasteiger partial charge in [-0.25, -0.2) is 9.97 Å². The summed E-state index contributed by atoms with van der Waals surface area (Å²) in [6, 6.07) is 1.11. The first-order chi connectivity index (χ1) is 9.37. The van der Waals surface area contributed by atoms with Crippen molar-refractivity contribution in [3.05, 3.63) is 23.8 Å². The maximum absolute atomic E-state index is 11.2. The number of carbonyl (C=O) groups is 1. The quantitative estimate of drug-likeness (QED) is 0.628. The number of nitrogens with two attached hydrogens (primary N) is 1. The number of carbonyl (C=O) groups excluding carboxylic acids is 1. The molecule has 1 amide bonds. The van der Waals surface area contributed by atoms with Crippen LogP contribution in [0.5, 0.6) is 0 Å². The van der Waals surface area contributed by atoms with Crippen LogP contribution in [0.4, 0.5) is 0 Å². The molecular weight excluding hydrogens is 272 g/mol. The second kappa shape index (κ2) is 5.72. The van der Waals surface area contributed by atoms with Crippen molar-refractivity contribution in [2.45, 2.75) is 32.3 Å². The molecule has 0 saturated heterocycles. The number of primary amides is 1. The molecule has 108 valence electrons. The summed E-state index contributed by atoms with van der Waals surface area (Å²) in [7, 11) is -1.07. The van der Waals surface area contributed by atoms with Crippen molar-refractivity contribution >= 4 is 25.0 Å². The number of aromatic amines is 1. The van der Waals surface area contributed by atoms with Crippen molar-refractivity contribution in [1.29, 1.82) is 0 Å². The highest BCUT2D eigenvalue weighted by molar-refractivity contribution is 6.76. The molecule has 0 spiro atoms. The molecule has 0 atom stereocenters. The van der Waals surface area contributed by atoms with Crippen LogP contribution in [0, 0.1) is 0 Å². The second-order valence-corrected chi connectivity index (χ2v) is 11.6. The van der Waals surface area contributed by atoms with E-state index in [9.17, 15) is 4.79 Å². The van der Waals surface area contributed by atoms with Crippen molar-refractivity contribution in [1.82, 2.24) is 15.0 Å². The molecule has 0 saturated carbocycles. The molecule has 0 unspecified atom stereocenters. The Hall–Kier alpha value is -1.73. The number of amides is 1. The molecular formula is C13H20N4O2Si. The van der Waals surface area contributed by atoms with Gasteiger partial charge < -0.3 is 15.5 Å². The average Bonchev–Trinajstić information content (AvgIpc) is 2.76. The minimum Gasteiger partial charge on any atom is -0.374 e. The largest absolute Gasteiger partial charge is 0.374 e. The molecule has 0 aliphatic carbocycles. The van der Waals surface area contributed by atoms with Crippen LogP contribution in [0.25, 0.3) is 11.0 Å². The number of hydrogen-bond acceptors (Lipinski definition) is 4. The molecule has 7 heteroatoms. The normalized spacial score (nSPS) is 11.9. The number of ether oxygens (including phenoxy) is 1. The maximum atomic E-state index is 11.2. The van der Waals surface area contributed by atoms with Crippen LogP contribution in [0.1, 0.15) is 16.2 Å². The summed E-state index contributed by atoms with van der Waals surface area (Å²) >= 11 is 0. The molecule has 6 nitrogen and oxygen atoms in total. The van der Waals surface area contributed by atoms with Gasteiger partial charge in [-0.15, -0.1) is 0 Å². The van der Waals surface area contributed by atoms with Crippen LogP contribution in [0.2, 0.25) is 25.7 Å². The fourth-order valence-corrected chi connectivity index (χ4v) is 2.52. The van der Waals surface area contributed by atoms with E-state index < -0.39 is 14.0 Å². The lowest BCUT2D eigenvalue weighted by Crippen LogP contribution is -2.21. The standard InChI is InChI=1S/C13H20N4O2Si/c1-20(2,3)5-4-19-8-11-15-7-10-9(12(14)18)6-16-13(10)17-11/h6-7H,4-5,8H2,1-3H3,(H2,14,18)(H,15,16,17).